The van der Waals surface area contributed by atoms with Gasteiger partial charge in [-0.2, -0.15) is 0 Å². The summed E-state index contributed by atoms with van der Waals surface area (Å²) in [4.78, 5) is 37.5. The molecule has 204 valence electrons. The number of allylic oxidation sites excluding steroid dienone is 1. The second-order valence-electron chi connectivity index (χ2n) is 8.40. The van der Waals surface area contributed by atoms with Crippen molar-refractivity contribution >= 4 is 45.2 Å². The second kappa shape index (κ2) is 14.7. The minimum absolute atomic E-state index is 0.106. The van der Waals surface area contributed by atoms with Gasteiger partial charge in [0, 0.05) is 22.2 Å². The number of carbonyl (C=O) groups is 3. The number of phenols is 1. The lowest BCUT2D eigenvalue weighted by Crippen LogP contribution is -2.35. The molecule has 0 heterocycles. The van der Waals surface area contributed by atoms with Crippen LogP contribution in [0.4, 0.5) is 16.2 Å². The molecule has 0 bridgehead atoms. The summed E-state index contributed by atoms with van der Waals surface area (Å²) in [6.07, 6.45) is 1.02. The third kappa shape index (κ3) is 8.98. The molecule has 2 atom stereocenters. The number of nitrogen functional groups attached to an aromatic ring is 1. The highest BCUT2D eigenvalue weighted by atomic mass is 79.9. The third-order valence-electron chi connectivity index (χ3n) is 5.61. The van der Waals surface area contributed by atoms with Gasteiger partial charge in [0.1, 0.15) is 5.75 Å². The topological polar surface area (TPSA) is 140 Å². The highest BCUT2D eigenvalue weighted by molar-refractivity contribution is 9.10. The van der Waals surface area contributed by atoms with Crippen LogP contribution in [0.5, 0.6) is 5.75 Å². The van der Waals surface area contributed by atoms with Crippen LogP contribution in [0.25, 0.3) is 0 Å². The Kier molecular flexibility index (Phi) is 11.1. The number of benzene rings is 3. The number of para-hydroxylation sites is 2. The molecular weight excluding hydrogens is 566 g/mol. The van der Waals surface area contributed by atoms with Crippen LogP contribution in [0, 0.1) is 0 Å². The number of alkyl carbamates (subject to hydrolysis) is 1. The molecule has 39 heavy (non-hydrogen) atoms. The fourth-order valence-corrected chi connectivity index (χ4v) is 4.14. The SMILES string of the molecule is CCO[C@H](CC/C=C/C(=O)Nc1ccccc1N)[C@H](OC(=O)NC(=O)c1ccccc1)c1cc(Br)ccc1O. The van der Waals surface area contributed by atoms with Gasteiger partial charge >= 0.3 is 6.09 Å². The Morgan fingerprint density at radius 3 is 2.49 bits per heavy atom. The number of ether oxygens (including phenoxy) is 2. The number of rotatable bonds is 11. The van der Waals surface area contributed by atoms with E-state index in [1.807, 2.05) is 0 Å². The summed E-state index contributed by atoms with van der Waals surface area (Å²) in [7, 11) is 0. The van der Waals surface area contributed by atoms with Crippen LogP contribution >= 0.6 is 15.9 Å². The molecule has 0 unspecified atom stereocenters. The van der Waals surface area contributed by atoms with E-state index in [-0.39, 0.29) is 11.7 Å². The Hall–Kier alpha value is -4.15. The lowest BCUT2D eigenvalue weighted by Gasteiger charge is -2.27. The Bertz CT molecular complexity index is 1320. The summed E-state index contributed by atoms with van der Waals surface area (Å²) in [6.45, 7) is 2.08. The summed E-state index contributed by atoms with van der Waals surface area (Å²) >= 11 is 3.38. The quantitative estimate of drug-likeness (QED) is 0.164. The van der Waals surface area contributed by atoms with E-state index in [1.165, 1.54) is 12.1 Å². The Morgan fingerprint density at radius 1 is 1.05 bits per heavy atom. The van der Waals surface area contributed by atoms with Crippen molar-refractivity contribution in [2.45, 2.75) is 32.0 Å². The van der Waals surface area contributed by atoms with Crippen molar-refractivity contribution in [2.24, 2.45) is 0 Å². The number of nitrogens with two attached hydrogens (primary N) is 1. The van der Waals surface area contributed by atoms with Crippen molar-refractivity contribution < 1.29 is 29.0 Å². The average molecular weight is 596 g/mol. The number of hydrogen-bond acceptors (Lipinski definition) is 7. The van der Waals surface area contributed by atoms with Crippen LogP contribution in [0.1, 0.15) is 41.8 Å². The number of anilines is 2. The number of carbonyl (C=O) groups excluding carboxylic acids is 3. The Balaban J connectivity index is 1.73. The molecule has 0 aliphatic rings. The van der Waals surface area contributed by atoms with Crippen LogP contribution in [0.15, 0.2) is 89.4 Å². The molecule has 10 heteroatoms. The monoisotopic (exact) mass is 595 g/mol. The van der Waals surface area contributed by atoms with Gasteiger partial charge in [-0.1, -0.05) is 52.3 Å². The second-order valence-corrected chi connectivity index (χ2v) is 9.31. The molecule has 0 aliphatic heterocycles. The van der Waals surface area contributed by atoms with E-state index in [4.69, 9.17) is 15.2 Å². The average Bonchev–Trinajstić information content (AvgIpc) is 2.92. The van der Waals surface area contributed by atoms with Crippen LogP contribution in [0.2, 0.25) is 0 Å². The predicted octanol–water partition coefficient (Wildman–Crippen LogP) is 5.72. The largest absolute Gasteiger partial charge is 0.508 e. The number of hydrogen-bond donors (Lipinski definition) is 4. The Labute approximate surface area is 235 Å². The van der Waals surface area contributed by atoms with E-state index in [0.717, 1.165) is 0 Å². The van der Waals surface area contributed by atoms with Gasteiger partial charge in [-0.3, -0.25) is 14.9 Å². The van der Waals surface area contributed by atoms with E-state index in [9.17, 15) is 19.5 Å². The van der Waals surface area contributed by atoms with Crippen molar-refractivity contribution in [1.82, 2.24) is 5.32 Å². The molecule has 0 aliphatic carbocycles. The van der Waals surface area contributed by atoms with Gasteiger partial charge in [0.2, 0.25) is 5.91 Å². The highest BCUT2D eigenvalue weighted by Crippen LogP contribution is 2.35. The van der Waals surface area contributed by atoms with Gasteiger partial charge in [0.15, 0.2) is 6.10 Å². The Morgan fingerprint density at radius 2 is 1.77 bits per heavy atom. The number of nitrogens with one attached hydrogen (secondary N) is 2. The maximum atomic E-state index is 12.8. The first-order chi connectivity index (χ1) is 18.8. The smallest absolute Gasteiger partial charge is 0.414 e. The molecule has 0 aromatic heterocycles. The first kappa shape index (κ1) is 29.4. The lowest BCUT2D eigenvalue weighted by atomic mass is 9.99. The molecule has 9 nitrogen and oxygen atoms in total. The fourth-order valence-electron chi connectivity index (χ4n) is 3.76. The number of phenolic OH excluding ortho intramolecular Hbond substituents is 1. The maximum Gasteiger partial charge on any atom is 0.414 e. The molecule has 3 rings (SSSR count). The van der Waals surface area contributed by atoms with E-state index < -0.39 is 24.2 Å². The van der Waals surface area contributed by atoms with Gasteiger partial charge in [-0.15, -0.1) is 0 Å². The minimum Gasteiger partial charge on any atom is -0.508 e. The van der Waals surface area contributed by atoms with Gasteiger partial charge in [0.05, 0.1) is 17.5 Å². The van der Waals surface area contributed by atoms with Crippen molar-refractivity contribution in [3.8, 4) is 5.75 Å². The lowest BCUT2D eigenvalue weighted by molar-refractivity contribution is -0.111. The molecule has 3 aromatic carbocycles. The summed E-state index contributed by atoms with van der Waals surface area (Å²) in [5.41, 5.74) is 7.41. The van der Waals surface area contributed by atoms with Gasteiger partial charge < -0.3 is 25.6 Å². The molecule has 5 N–H and O–H groups in total. The van der Waals surface area contributed by atoms with Crippen molar-refractivity contribution in [3.05, 3.63) is 101 Å². The number of halogens is 1. The van der Waals surface area contributed by atoms with Gasteiger partial charge in [0.25, 0.3) is 5.91 Å². The minimum atomic E-state index is -1.06. The first-order valence-corrected chi connectivity index (χ1v) is 13.1. The highest BCUT2D eigenvalue weighted by Gasteiger charge is 2.30. The molecule has 0 saturated carbocycles. The maximum absolute atomic E-state index is 12.8. The number of amides is 3. The standard InChI is InChI=1S/C29H30BrN3O6/c1-2-38-25(14-8-9-15-26(35)32-23-13-7-6-12-22(23)31)27(21-18-20(30)16-17-24(21)34)39-29(37)33-28(36)19-10-4-3-5-11-19/h3-7,9-13,15-18,25,27,34H,2,8,14,31H2,1H3,(H,32,35)(H,33,36,37)/b15-9+/t25-,27-/m1/s1. The number of imide groups is 1. The van der Waals surface area contributed by atoms with Crippen LogP contribution in [-0.2, 0) is 14.3 Å². The van der Waals surface area contributed by atoms with Crippen LogP contribution in [-0.4, -0.2) is 35.7 Å². The van der Waals surface area contributed by atoms with Gasteiger partial charge in [-0.25, -0.2) is 4.79 Å². The molecule has 0 fully saturated rings. The summed E-state index contributed by atoms with van der Waals surface area (Å²) in [6, 6.07) is 19.9. The molecular formula is C29H30BrN3O6. The first-order valence-electron chi connectivity index (χ1n) is 12.3. The molecule has 0 spiro atoms. The zero-order chi connectivity index (χ0) is 28.2. The molecule has 3 aromatic rings. The summed E-state index contributed by atoms with van der Waals surface area (Å²) in [5.74, 6) is -1.08. The van der Waals surface area contributed by atoms with Crippen molar-refractivity contribution in [2.75, 3.05) is 17.7 Å². The predicted molar refractivity (Wildman–Crippen MR) is 152 cm³/mol. The zero-order valence-corrected chi connectivity index (χ0v) is 22.9. The van der Waals surface area contributed by atoms with Crippen molar-refractivity contribution in [3.63, 3.8) is 0 Å². The van der Waals surface area contributed by atoms with E-state index in [2.05, 4.69) is 26.6 Å². The van der Waals surface area contributed by atoms with Crippen LogP contribution < -0.4 is 16.4 Å². The zero-order valence-electron chi connectivity index (χ0n) is 21.3. The van der Waals surface area contributed by atoms with E-state index >= 15 is 0 Å². The van der Waals surface area contributed by atoms with Crippen molar-refractivity contribution in [1.29, 1.82) is 0 Å². The van der Waals surface area contributed by atoms with E-state index in [1.54, 1.807) is 79.7 Å². The third-order valence-corrected chi connectivity index (χ3v) is 6.10. The summed E-state index contributed by atoms with van der Waals surface area (Å²) in [5, 5.41) is 15.5. The van der Waals surface area contributed by atoms with Crippen LogP contribution in [0.3, 0.4) is 0 Å². The molecule has 0 radical (unpaired) electrons. The van der Waals surface area contributed by atoms with Gasteiger partial charge in [-0.05, 0) is 68.3 Å². The molecule has 0 saturated heterocycles. The number of aromatic hydroxyl groups is 1. The normalized spacial score (nSPS) is 12.5. The van der Waals surface area contributed by atoms with E-state index in [0.29, 0.717) is 46.4 Å². The summed E-state index contributed by atoms with van der Waals surface area (Å²) < 4.78 is 12.2. The molecule has 3 amide bonds. The fraction of sp³-hybridized carbons (Fsp3) is 0.207.